The lowest BCUT2D eigenvalue weighted by atomic mass is 9.99. The summed E-state index contributed by atoms with van der Waals surface area (Å²) in [5, 5.41) is 8.84. The molecule has 1 fully saturated rings. The van der Waals surface area contributed by atoms with Crippen molar-refractivity contribution in [3.63, 3.8) is 0 Å². The van der Waals surface area contributed by atoms with Gasteiger partial charge in [-0.3, -0.25) is 4.79 Å². The first-order valence-corrected chi connectivity index (χ1v) is 11.1. The normalized spacial score (nSPS) is 14.8. The maximum absolute atomic E-state index is 13.4. The van der Waals surface area contributed by atoms with E-state index in [1.165, 1.54) is 11.1 Å². The fourth-order valence-electron chi connectivity index (χ4n) is 4.27. The second kappa shape index (κ2) is 8.21. The molecule has 1 saturated carbocycles. The fourth-order valence-corrected chi connectivity index (χ4v) is 4.27. The summed E-state index contributed by atoms with van der Waals surface area (Å²) in [7, 11) is 0. The third kappa shape index (κ3) is 3.98. The second-order valence-electron chi connectivity index (χ2n) is 8.78. The minimum Gasteiger partial charge on any atom is -0.345 e. The number of fused-ring (bicyclic) bond motifs is 1. The number of aryl methyl sites for hydroxylation is 4. The number of pyridine rings is 1. The van der Waals surface area contributed by atoms with E-state index in [4.69, 9.17) is 10.1 Å². The van der Waals surface area contributed by atoms with E-state index in [9.17, 15) is 4.79 Å². The van der Waals surface area contributed by atoms with Crippen LogP contribution in [0.4, 0.5) is 0 Å². The Morgan fingerprint density at radius 3 is 2.67 bits per heavy atom. The number of hydrogen-bond donors (Lipinski definition) is 1. The average Bonchev–Trinajstić information content (AvgIpc) is 3.50. The van der Waals surface area contributed by atoms with Gasteiger partial charge in [-0.1, -0.05) is 37.1 Å². The van der Waals surface area contributed by atoms with E-state index in [0.29, 0.717) is 11.5 Å². The summed E-state index contributed by atoms with van der Waals surface area (Å²) in [4.78, 5) is 18.4. The molecule has 0 aliphatic heterocycles. The lowest BCUT2D eigenvalue weighted by Gasteiger charge is -2.18. The molecule has 0 bridgehead atoms. The molecule has 0 spiro atoms. The predicted octanol–water partition coefficient (Wildman–Crippen LogP) is 5.53. The van der Waals surface area contributed by atoms with Crippen LogP contribution in [0.25, 0.3) is 11.0 Å². The molecule has 1 amide bonds. The van der Waals surface area contributed by atoms with Gasteiger partial charge in [0.25, 0.3) is 5.91 Å². The topological polar surface area (TPSA) is 59.8 Å². The molecule has 1 aliphatic carbocycles. The molecular formula is C25H32N4O. The maximum Gasteiger partial charge on any atom is 0.252 e. The second-order valence-corrected chi connectivity index (χ2v) is 8.78. The first-order valence-electron chi connectivity index (χ1n) is 11.1. The maximum atomic E-state index is 13.4. The molecule has 0 unspecified atom stereocenters. The molecule has 30 heavy (non-hydrogen) atoms. The van der Waals surface area contributed by atoms with E-state index in [1.807, 2.05) is 24.6 Å². The van der Waals surface area contributed by atoms with E-state index in [-0.39, 0.29) is 11.9 Å². The van der Waals surface area contributed by atoms with Gasteiger partial charge in [0.15, 0.2) is 5.65 Å². The Balaban J connectivity index is 1.71. The van der Waals surface area contributed by atoms with Crippen LogP contribution in [0.5, 0.6) is 0 Å². The van der Waals surface area contributed by atoms with Crippen molar-refractivity contribution in [1.82, 2.24) is 20.1 Å². The van der Waals surface area contributed by atoms with Crippen LogP contribution in [0, 0.1) is 20.8 Å². The average molecular weight is 405 g/mol. The number of benzene rings is 1. The minimum atomic E-state index is -0.0684. The van der Waals surface area contributed by atoms with Crippen molar-refractivity contribution in [3.8, 4) is 0 Å². The zero-order valence-corrected chi connectivity index (χ0v) is 18.7. The van der Waals surface area contributed by atoms with Crippen LogP contribution in [0.3, 0.4) is 0 Å². The smallest absolute Gasteiger partial charge is 0.252 e. The molecule has 1 aromatic carbocycles. The van der Waals surface area contributed by atoms with Crippen molar-refractivity contribution >= 4 is 16.9 Å². The number of amides is 1. The molecule has 0 saturated heterocycles. The van der Waals surface area contributed by atoms with Crippen molar-refractivity contribution < 1.29 is 4.79 Å². The highest BCUT2D eigenvalue weighted by Gasteiger charge is 2.29. The van der Waals surface area contributed by atoms with Crippen molar-refractivity contribution in [3.05, 3.63) is 57.9 Å². The number of rotatable bonds is 7. The van der Waals surface area contributed by atoms with Crippen LogP contribution in [-0.4, -0.2) is 20.7 Å². The third-order valence-electron chi connectivity index (χ3n) is 6.10. The van der Waals surface area contributed by atoms with Gasteiger partial charge in [0.1, 0.15) is 0 Å². The first-order chi connectivity index (χ1) is 14.4. The van der Waals surface area contributed by atoms with Gasteiger partial charge in [0.2, 0.25) is 0 Å². The molecule has 5 heteroatoms. The molecule has 4 rings (SSSR count). The van der Waals surface area contributed by atoms with Crippen molar-refractivity contribution in [2.45, 2.75) is 78.8 Å². The first kappa shape index (κ1) is 20.6. The number of nitrogens with zero attached hydrogens (tertiary/aromatic N) is 3. The van der Waals surface area contributed by atoms with Crippen molar-refractivity contribution in [2.75, 3.05) is 0 Å². The van der Waals surface area contributed by atoms with Gasteiger partial charge in [-0.2, -0.15) is 5.10 Å². The Hall–Kier alpha value is -2.69. The van der Waals surface area contributed by atoms with E-state index >= 15 is 0 Å². The molecule has 2 heterocycles. The highest BCUT2D eigenvalue weighted by atomic mass is 16.1. The van der Waals surface area contributed by atoms with Crippen LogP contribution in [-0.2, 0) is 6.54 Å². The molecule has 158 valence electrons. The van der Waals surface area contributed by atoms with Crippen LogP contribution in [0.2, 0.25) is 0 Å². The molecular weight excluding hydrogens is 372 g/mol. The van der Waals surface area contributed by atoms with E-state index in [1.54, 1.807) is 0 Å². The summed E-state index contributed by atoms with van der Waals surface area (Å²) in [5.41, 5.74) is 7.05. The van der Waals surface area contributed by atoms with Crippen LogP contribution in [0.1, 0.15) is 89.9 Å². The minimum absolute atomic E-state index is 0.0464. The number of unbranched alkanes of at least 4 members (excludes halogenated alkanes) is 1. The number of carbonyl (C=O) groups excluding carboxylic acids is 1. The number of nitrogens with one attached hydrogen (secondary N) is 1. The van der Waals surface area contributed by atoms with E-state index in [0.717, 1.165) is 60.2 Å². The molecule has 2 aromatic heterocycles. The van der Waals surface area contributed by atoms with E-state index < -0.39 is 0 Å². The van der Waals surface area contributed by atoms with Gasteiger partial charge in [-0.25, -0.2) is 9.67 Å². The Morgan fingerprint density at radius 2 is 2.00 bits per heavy atom. The van der Waals surface area contributed by atoms with Gasteiger partial charge < -0.3 is 5.32 Å². The fraction of sp³-hybridized carbons (Fsp3) is 0.480. The largest absolute Gasteiger partial charge is 0.345 e. The van der Waals surface area contributed by atoms with Gasteiger partial charge in [-0.05, 0) is 64.2 Å². The molecule has 1 N–H and O–H groups in total. The summed E-state index contributed by atoms with van der Waals surface area (Å²) in [6.45, 7) is 11.2. The highest BCUT2D eigenvalue weighted by molar-refractivity contribution is 6.06. The Labute approximate surface area is 178 Å². The van der Waals surface area contributed by atoms with Gasteiger partial charge in [-0.15, -0.1) is 0 Å². The number of hydrogen-bond acceptors (Lipinski definition) is 3. The molecule has 1 aliphatic rings. The van der Waals surface area contributed by atoms with Crippen molar-refractivity contribution in [2.24, 2.45) is 0 Å². The Morgan fingerprint density at radius 1 is 1.23 bits per heavy atom. The lowest BCUT2D eigenvalue weighted by molar-refractivity contribution is 0.0941. The van der Waals surface area contributed by atoms with Gasteiger partial charge in [0, 0.05) is 18.2 Å². The van der Waals surface area contributed by atoms with Crippen LogP contribution in [0.15, 0.2) is 24.3 Å². The van der Waals surface area contributed by atoms with Gasteiger partial charge >= 0.3 is 0 Å². The standard InChI is InChI=1S/C25H32N4O/c1-6-7-12-29-24-23(18(5)28-29)21(14-22(27-24)19-9-10-19)25(30)26-17(4)20-11-8-15(2)13-16(20)3/h8,11,13-14,17,19H,6-7,9-10,12H2,1-5H3,(H,26,30)/t17-/m0/s1. The summed E-state index contributed by atoms with van der Waals surface area (Å²) in [6.07, 6.45) is 4.46. The Bertz CT molecular complexity index is 1090. The summed E-state index contributed by atoms with van der Waals surface area (Å²) < 4.78 is 1.99. The SMILES string of the molecule is CCCCn1nc(C)c2c(C(=O)N[C@@H](C)c3ccc(C)cc3C)cc(C3CC3)nc21. The zero-order valence-electron chi connectivity index (χ0n) is 18.7. The summed E-state index contributed by atoms with van der Waals surface area (Å²) in [6, 6.07) is 8.31. The molecule has 1 atom stereocenters. The zero-order chi connectivity index (χ0) is 21.4. The predicted molar refractivity (Wildman–Crippen MR) is 121 cm³/mol. The summed E-state index contributed by atoms with van der Waals surface area (Å²) in [5.74, 6) is 0.433. The molecule has 0 radical (unpaired) electrons. The molecule has 3 aromatic rings. The highest BCUT2D eigenvalue weighted by Crippen LogP contribution is 2.40. The van der Waals surface area contributed by atoms with Crippen LogP contribution < -0.4 is 5.32 Å². The quantitative estimate of drug-likeness (QED) is 0.564. The van der Waals surface area contributed by atoms with E-state index in [2.05, 4.69) is 44.3 Å². The Kier molecular flexibility index (Phi) is 5.63. The van der Waals surface area contributed by atoms with Crippen molar-refractivity contribution in [1.29, 1.82) is 0 Å². The monoisotopic (exact) mass is 404 g/mol. The number of aromatic nitrogens is 3. The lowest BCUT2D eigenvalue weighted by Crippen LogP contribution is -2.27. The summed E-state index contributed by atoms with van der Waals surface area (Å²) >= 11 is 0. The third-order valence-corrected chi connectivity index (χ3v) is 6.10. The van der Waals surface area contributed by atoms with Crippen LogP contribution >= 0.6 is 0 Å². The molecule has 5 nitrogen and oxygen atoms in total. The number of carbonyl (C=O) groups is 1. The van der Waals surface area contributed by atoms with Gasteiger partial charge in [0.05, 0.1) is 22.7 Å².